The van der Waals surface area contributed by atoms with Gasteiger partial charge >= 0.3 is 0 Å². The number of carbonyl (C=O) groups excluding carboxylic acids is 2. The summed E-state index contributed by atoms with van der Waals surface area (Å²) in [6, 6.07) is 0. The van der Waals surface area contributed by atoms with Crippen LogP contribution in [0.4, 0.5) is 0 Å². The zero-order valence-electron chi connectivity index (χ0n) is 7.31. The highest BCUT2D eigenvalue weighted by molar-refractivity contribution is 5.80. The topological polar surface area (TPSA) is 34.1 Å². The molecule has 11 heavy (non-hydrogen) atoms. The molecule has 0 spiro atoms. The lowest BCUT2D eigenvalue weighted by molar-refractivity contribution is -0.118. The Morgan fingerprint density at radius 1 is 1.55 bits per heavy atom. The average molecular weight is 154 g/mol. The van der Waals surface area contributed by atoms with Crippen LogP contribution in [0.1, 0.15) is 27.2 Å². The van der Waals surface area contributed by atoms with Crippen LogP contribution in [0.25, 0.3) is 0 Å². The fourth-order valence-electron chi connectivity index (χ4n) is 0.895. The average Bonchev–Trinajstić information content (AvgIpc) is 1.83. The number of hydrogen-bond donors (Lipinski definition) is 0. The second-order valence-electron chi connectivity index (χ2n) is 3.41. The molecule has 0 unspecified atom stereocenters. The maximum absolute atomic E-state index is 10.7. The molecule has 0 aliphatic heterocycles. The van der Waals surface area contributed by atoms with Crippen molar-refractivity contribution >= 4 is 12.1 Å². The maximum Gasteiger partial charge on any atom is 0.145 e. The third-order valence-electron chi connectivity index (χ3n) is 1.70. The van der Waals surface area contributed by atoms with E-state index in [1.807, 2.05) is 13.8 Å². The summed E-state index contributed by atoms with van der Waals surface area (Å²) in [7, 11) is 0. The molecule has 0 amide bonds. The molecule has 0 saturated heterocycles. The van der Waals surface area contributed by atoms with Crippen LogP contribution in [0.5, 0.6) is 0 Å². The second kappa shape index (κ2) is 3.46. The first-order valence-electron chi connectivity index (χ1n) is 3.54. The predicted molar refractivity (Wildman–Crippen MR) is 44.3 cm³/mol. The summed E-state index contributed by atoms with van der Waals surface area (Å²) >= 11 is 0. The predicted octanol–water partition coefficient (Wildman–Crippen LogP) is 1.75. The van der Waals surface area contributed by atoms with Gasteiger partial charge in [0.2, 0.25) is 0 Å². The Balaban J connectivity index is 4.32. The van der Waals surface area contributed by atoms with E-state index in [0.717, 1.165) is 0 Å². The summed E-state index contributed by atoms with van der Waals surface area (Å²) in [4.78, 5) is 21.0. The van der Waals surface area contributed by atoms with E-state index in [4.69, 9.17) is 0 Å². The third kappa shape index (κ3) is 3.12. The molecule has 62 valence electrons. The van der Waals surface area contributed by atoms with Crippen LogP contribution in [0.15, 0.2) is 12.2 Å². The van der Waals surface area contributed by atoms with Gasteiger partial charge in [-0.25, -0.2) is 0 Å². The van der Waals surface area contributed by atoms with Crippen LogP contribution in [-0.2, 0) is 9.59 Å². The third-order valence-corrected chi connectivity index (χ3v) is 1.70. The van der Waals surface area contributed by atoms with Gasteiger partial charge in [0.15, 0.2) is 0 Å². The van der Waals surface area contributed by atoms with Crippen molar-refractivity contribution in [2.75, 3.05) is 0 Å². The van der Waals surface area contributed by atoms with E-state index < -0.39 is 0 Å². The van der Waals surface area contributed by atoms with Gasteiger partial charge in [-0.15, -0.1) is 0 Å². The van der Waals surface area contributed by atoms with Crippen molar-refractivity contribution in [2.45, 2.75) is 27.2 Å². The minimum atomic E-state index is -0.381. The monoisotopic (exact) mass is 154 g/mol. The molecule has 0 atom stereocenters. The minimum Gasteiger partial charge on any atom is -0.300 e. The van der Waals surface area contributed by atoms with Gasteiger partial charge in [0.05, 0.1) is 0 Å². The van der Waals surface area contributed by atoms with Crippen molar-refractivity contribution in [1.82, 2.24) is 0 Å². The van der Waals surface area contributed by atoms with Gasteiger partial charge in [-0.1, -0.05) is 20.4 Å². The van der Waals surface area contributed by atoms with Crippen molar-refractivity contribution in [3.8, 4) is 0 Å². The Morgan fingerprint density at radius 3 is 2.27 bits per heavy atom. The number of ketones is 1. The summed E-state index contributed by atoms with van der Waals surface area (Å²) < 4.78 is 0. The molecule has 0 heterocycles. The van der Waals surface area contributed by atoms with E-state index in [1.165, 1.54) is 6.92 Å². The molecule has 0 N–H and O–H groups in total. The van der Waals surface area contributed by atoms with Gasteiger partial charge in [0.25, 0.3) is 0 Å². The van der Waals surface area contributed by atoms with Crippen LogP contribution in [0, 0.1) is 5.41 Å². The molecule has 2 nitrogen and oxygen atoms in total. The molecule has 0 aliphatic carbocycles. The first-order chi connectivity index (χ1) is 4.90. The quantitative estimate of drug-likeness (QED) is 0.456. The van der Waals surface area contributed by atoms with E-state index >= 15 is 0 Å². The molecule has 0 aromatic carbocycles. The highest BCUT2D eigenvalue weighted by atomic mass is 16.1. The van der Waals surface area contributed by atoms with Gasteiger partial charge in [-0.05, 0) is 17.9 Å². The fourth-order valence-corrected chi connectivity index (χ4v) is 0.895. The Bertz CT molecular complexity index is 190. The lowest BCUT2D eigenvalue weighted by Crippen LogP contribution is -2.18. The molecule has 0 bridgehead atoms. The van der Waals surface area contributed by atoms with E-state index in [9.17, 15) is 9.59 Å². The first-order valence-corrected chi connectivity index (χ1v) is 3.54. The van der Waals surface area contributed by atoms with E-state index in [-0.39, 0.29) is 11.2 Å². The van der Waals surface area contributed by atoms with Gasteiger partial charge in [-0.2, -0.15) is 0 Å². The van der Waals surface area contributed by atoms with Gasteiger partial charge in [0.1, 0.15) is 12.1 Å². The summed E-state index contributed by atoms with van der Waals surface area (Å²) in [5.74, 6) is 0.0815. The van der Waals surface area contributed by atoms with Crippen molar-refractivity contribution < 1.29 is 9.59 Å². The van der Waals surface area contributed by atoms with E-state index in [0.29, 0.717) is 18.3 Å². The molecule has 0 aromatic rings. The summed E-state index contributed by atoms with van der Waals surface area (Å²) in [6.07, 6.45) is 1.09. The number of Topliss-reactive ketones (excluding diaryl/α,β-unsaturated/α-hetero) is 1. The van der Waals surface area contributed by atoms with Crippen LogP contribution in [0.3, 0.4) is 0 Å². The summed E-state index contributed by atoms with van der Waals surface area (Å²) in [5, 5.41) is 0. The number of allylic oxidation sites excluding steroid dienone is 1. The molecule has 0 radical (unpaired) electrons. The highest BCUT2D eigenvalue weighted by Crippen LogP contribution is 2.27. The van der Waals surface area contributed by atoms with Crippen LogP contribution >= 0.6 is 0 Å². The van der Waals surface area contributed by atoms with Gasteiger partial charge < -0.3 is 0 Å². The largest absolute Gasteiger partial charge is 0.300 e. The molecule has 0 rings (SSSR count). The zero-order chi connectivity index (χ0) is 9.07. The van der Waals surface area contributed by atoms with Crippen molar-refractivity contribution in [1.29, 1.82) is 0 Å². The Hall–Kier alpha value is -0.920. The van der Waals surface area contributed by atoms with Crippen LogP contribution < -0.4 is 0 Å². The first kappa shape index (κ1) is 10.1. The lowest BCUT2D eigenvalue weighted by atomic mass is 9.81. The Kier molecular flexibility index (Phi) is 3.18. The number of rotatable bonds is 4. The maximum atomic E-state index is 10.7. The van der Waals surface area contributed by atoms with Crippen LogP contribution in [0.2, 0.25) is 0 Å². The summed E-state index contributed by atoms with van der Waals surface area (Å²) in [6.45, 7) is 8.77. The molecule has 0 fully saturated rings. The van der Waals surface area contributed by atoms with E-state index in [1.54, 1.807) is 0 Å². The molecular formula is C9H14O2. The molecule has 2 heteroatoms. The Labute approximate surface area is 67.3 Å². The molecule has 0 aliphatic rings. The molecular weight excluding hydrogens is 140 g/mol. The standard InChI is InChI=1S/C9H14O2/c1-7(6-10)9(3,4)5-8(2)11/h6H,1,5H2,2-4H3. The number of hydrogen-bond acceptors (Lipinski definition) is 2. The molecule has 0 saturated carbocycles. The Morgan fingerprint density at radius 2 is 2.00 bits per heavy atom. The zero-order valence-corrected chi connectivity index (χ0v) is 7.31. The highest BCUT2D eigenvalue weighted by Gasteiger charge is 2.22. The van der Waals surface area contributed by atoms with Crippen LogP contribution in [-0.4, -0.2) is 12.1 Å². The van der Waals surface area contributed by atoms with E-state index in [2.05, 4.69) is 6.58 Å². The summed E-state index contributed by atoms with van der Waals surface area (Å²) in [5.41, 5.74) is 0.0980. The second-order valence-corrected chi connectivity index (χ2v) is 3.41. The minimum absolute atomic E-state index is 0.0815. The number of carbonyl (C=O) groups is 2. The van der Waals surface area contributed by atoms with Crippen molar-refractivity contribution in [3.63, 3.8) is 0 Å². The SMILES string of the molecule is C=C(C=O)C(C)(C)CC(C)=O. The normalized spacial score (nSPS) is 10.8. The van der Waals surface area contributed by atoms with Crippen molar-refractivity contribution in [2.24, 2.45) is 5.41 Å². The lowest BCUT2D eigenvalue weighted by Gasteiger charge is -2.21. The fraction of sp³-hybridized carbons (Fsp3) is 0.556. The van der Waals surface area contributed by atoms with Gasteiger partial charge in [0, 0.05) is 6.42 Å². The number of aldehydes is 1. The molecule has 0 aromatic heterocycles. The smallest absolute Gasteiger partial charge is 0.145 e. The van der Waals surface area contributed by atoms with Crippen molar-refractivity contribution in [3.05, 3.63) is 12.2 Å². The van der Waals surface area contributed by atoms with Gasteiger partial charge in [-0.3, -0.25) is 9.59 Å².